The molecule has 0 atom stereocenters. The van der Waals surface area contributed by atoms with Crippen molar-refractivity contribution in [1.82, 2.24) is 5.43 Å². The van der Waals surface area contributed by atoms with E-state index in [1.807, 2.05) is 12.1 Å². The Labute approximate surface area is 244 Å². The van der Waals surface area contributed by atoms with Crippen LogP contribution in [0.5, 0.6) is 17.2 Å². The van der Waals surface area contributed by atoms with E-state index in [9.17, 15) is 13.2 Å². The maximum Gasteiger partial charge on any atom is 0.264 e. The van der Waals surface area contributed by atoms with Gasteiger partial charge in [0.1, 0.15) is 30.4 Å². The van der Waals surface area contributed by atoms with Crippen LogP contribution in [0.2, 0.25) is 5.02 Å². The molecule has 9 nitrogen and oxygen atoms in total. The zero-order chi connectivity index (χ0) is 29.2. The first-order chi connectivity index (χ1) is 19.8. The third-order valence-corrected chi connectivity index (χ3v) is 7.90. The SMILES string of the molecule is COc1ccc(OC)c(N(CC(=O)N/N=C\c2ccc(OCc3ccc(Cl)cc3)cc2)S(=O)(=O)c2ccccc2)c1. The van der Waals surface area contributed by atoms with Crippen molar-refractivity contribution in [1.29, 1.82) is 0 Å². The molecule has 0 unspecified atom stereocenters. The van der Waals surface area contributed by atoms with Crippen molar-refractivity contribution in [2.24, 2.45) is 5.10 Å². The van der Waals surface area contributed by atoms with Crippen LogP contribution < -0.4 is 23.9 Å². The van der Waals surface area contributed by atoms with Gasteiger partial charge in [-0.15, -0.1) is 0 Å². The van der Waals surface area contributed by atoms with Gasteiger partial charge >= 0.3 is 0 Å². The molecule has 41 heavy (non-hydrogen) atoms. The second-order valence-electron chi connectivity index (χ2n) is 8.64. The van der Waals surface area contributed by atoms with Crippen LogP contribution in [0.4, 0.5) is 5.69 Å². The molecule has 1 amide bonds. The summed E-state index contributed by atoms with van der Waals surface area (Å²) in [4.78, 5) is 12.9. The number of halogens is 1. The van der Waals surface area contributed by atoms with Gasteiger partial charge in [0, 0.05) is 11.1 Å². The summed E-state index contributed by atoms with van der Waals surface area (Å²) < 4.78 is 44.6. The Morgan fingerprint density at radius 1 is 0.902 bits per heavy atom. The maximum atomic E-state index is 13.6. The lowest BCUT2D eigenvalue weighted by Crippen LogP contribution is -2.39. The van der Waals surface area contributed by atoms with Gasteiger partial charge in [-0.05, 0) is 71.8 Å². The minimum absolute atomic E-state index is 0.0135. The Hall–Kier alpha value is -4.54. The summed E-state index contributed by atoms with van der Waals surface area (Å²) in [7, 11) is -1.28. The van der Waals surface area contributed by atoms with Crippen LogP contribution in [0.15, 0.2) is 107 Å². The molecule has 4 aromatic carbocycles. The van der Waals surface area contributed by atoms with Gasteiger partial charge in [0.2, 0.25) is 0 Å². The van der Waals surface area contributed by atoms with Crippen molar-refractivity contribution >= 4 is 39.4 Å². The summed E-state index contributed by atoms with van der Waals surface area (Å²) in [5.41, 5.74) is 4.22. The van der Waals surface area contributed by atoms with Gasteiger partial charge in [-0.3, -0.25) is 9.10 Å². The number of hydrogen-bond acceptors (Lipinski definition) is 7. The molecule has 0 heterocycles. The fraction of sp³-hybridized carbons (Fsp3) is 0.133. The molecule has 0 spiro atoms. The van der Waals surface area contributed by atoms with Gasteiger partial charge in [0.25, 0.3) is 15.9 Å². The van der Waals surface area contributed by atoms with Crippen molar-refractivity contribution in [2.75, 3.05) is 25.1 Å². The van der Waals surface area contributed by atoms with E-state index in [2.05, 4.69) is 10.5 Å². The van der Waals surface area contributed by atoms with E-state index in [0.717, 1.165) is 9.87 Å². The number of amides is 1. The van der Waals surface area contributed by atoms with Crippen LogP contribution in [0, 0.1) is 0 Å². The van der Waals surface area contributed by atoms with Gasteiger partial charge in [-0.25, -0.2) is 13.8 Å². The van der Waals surface area contributed by atoms with Gasteiger partial charge in [-0.1, -0.05) is 41.9 Å². The van der Waals surface area contributed by atoms with Crippen LogP contribution in [0.1, 0.15) is 11.1 Å². The average molecular weight is 594 g/mol. The van der Waals surface area contributed by atoms with E-state index in [0.29, 0.717) is 28.7 Å². The second kappa shape index (κ2) is 13.7. The van der Waals surface area contributed by atoms with Gasteiger partial charge < -0.3 is 14.2 Å². The number of anilines is 1. The number of methoxy groups -OCH3 is 2. The van der Waals surface area contributed by atoms with E-state index >= 15 is 0 Å². The number of carbonyl (C=O) groups is 1. The van der Waals surface area contributed by atoms with Crippen LogP contribution in [-0.4, -0.2) is 41.3 Å². The number of rotatable bonds is 12. The number of hydrogen-bond donors (Lipinski definition) is 1. The molecule has 0 aliphatic heterocycles. The van der Waals surface area contributed by atoms with E-state index in [1.54, 1.807) is 66.7 Å². The molecule has 0 radical (unpaired) electrons. The number of carbonyl (C=O) groups excluding carboxylic acids is 1. The van der Waals surface area contributed by atoms with Crippen LogP contribution in [0.25, 0.3) is 0 Å². The van der Waals surface area contributed by atoms with Crippen molar-refractivity contribution in [3.63, 3.8) is 0 Å². The predicted octanol–water partition coefficient (Wildman–Crippen LogP) is 5.28. The molecule has 0 saturated carbocycles. The van der Waals surface area contributed by atoms with E-state index in [-0.39, 0.29) is 16.3 Å². The quantitative estimate of drug-likeness (QED) is 0.177. The zero-order valence-corrected chi connectivity index (χ0v) is 23.9. The summed E-state index contributed by atoms with van der Waals surface area (Å²) in [5, 5.41) is 4.66. The summed E-state index contributed by atoms with van der Waals surface area (Å²) >= 11 is 5.91. The number of ether oxygens (including phenoxy) is 3. The Balaban J connectivity index is 1.45. The summed E-state index contributed by atoms with van der Waals surface area (Å²) in [6.07, 6.45) is 1.45. The second-order valence-corrected chi connectivity index (χ2v) is 10.9. The van der Waals surface area contributed by atoms with Crippen molar-refractivity contribution in [3.05, 3.63) is 113 Å². The zero-order valence-electron chi connectivity index (χ0n) is 22.4. The molecular weight excluding hydrogens is 566 g/mol. The third kappa shape index (κ3) is 7.77. The van der Waals surface area contributed by atoms with Crippen molar-refractivity contribution in [2.45, 2.75) is 11.5 Å². The molecular formula is C30H28ClN3O6S. The molecule has 212 valence electrons. The Kier molecular flexibility index (Phi) is 9.83. The number of benzene rings is 4. The van der Waals surface area contributed by atoms with Gasteiger partial charge in [0.05, 0.1) is 31.0 Å². The van der Waals surface area contributed by atoms with Crippen molar-refractivity contribution < 1.29 is 27.4 Å². The molecule has 4 aromatic rings. The summed E-state index contributed by atoms with van der Waals surface area (Å²) in [5.74, 6) is 0.650. The minimum atomic E-state index is -4.15. The molecule has 11 heteroatoms. The first kappa shape index (κ1) is 29.4. The first-order valence-electron chi connectivity index (χ1n) is 12.4. The number of nitrogens with one attached hydrogen (secondary N) is 1. The molecule has 0 fully saturated rings. The number of sulfonamides is 1. The summed E-state index contributed by atoms with van der Waals surface area (Å²) in [6.45, 7) is -0.170. The van der Waals surface area contributed by atoms with Crippen molar-refractivity contribution in [3.8, 4) is 17.2 Å². The lowest BCUT2D eigenvalue weighted by Gasteiger charge is -2.25. The Morgan fingerprint density at radius 3 is 2.24 bits per heavy atom. The highest BCUT2D eigenvalue weighted by Crippen LogP contribution is 2.35. The molecule has 0 aromatic heterocycles. The van der Waals surface area contributed by atoms with E-state index in [4.69, 9.17) is 25.8 Å². The lowest BCUT2D eigenvalue weighted by molar-refractivity contribution is -0.119. The highest BCUT2D eigenvalue weighted by molar-refractivity contribution is 7.92. The smallest absolute Gasteiger partial charge is 0.264 e. The van der Waals surface area contributed by atoms with Crippen LogP contribution >= 0.6 is 11.6 Å². The highest BCUT2D eigenvalue weighted by atomic mass is 35.5. The van der Waals surface area contributed by atoms with Gasteiger partial charge in [0.15, 0.2) is 0 Å². The number of hydrazone groups is 1. The van der Waals surface area contributed by atoms with E-state index in [1.165, 1.54) is 38.6 Å². The fourth-order valence-electron chi connectivity index (χ4n) is 3.75. The minimum Gasteiger partial charge on any atom is -0.497 e. The topological polar surface area (TPSA) is 107 Å². The molecule has 0 aliphatic carbocycles. The van der Waals surface area contributed by atoms with Gasteiger partial charge in [-0.2, -0.15) is 5.10 Å². The third-order valence-electron chi connectivity index (χ3n) is 5.87. The molecule has 0 aliphatic rings. The monoisotopic (exact) mass is 593 g/mol. The van der Waals surface area contributed by atoms with Crippen LogP contribution in [0.3, 0.4) is 0 Å². The molecule has 4 rings (SSSR count). The highest BCUT2D eigenvalue weighted by Gasteiger charge is 2.29. The Morgan fingerprint density at radius 2 is 1.59 bits per heavy atom. The fourth-order valence-corrected chi connectivity index (χ4v) is 5.32. The average Bonchev–Trinajstić information content (AvgIpc) is 3.00. The maximum absolute atomic E-state index is 13.6. The Bertz CT molecular complexity index is 1600. The molecule has 0 saturated heterocycles. The standard InChI is InChI=1S/C30H28ClN3O6S/c1-38-26-16-17-29(39-2)28(18-26)34(41(36,37)27-6-4-3-5-7-27)20-30(35)33-32-19-22-10-14-25(15-11-22)40-21-23-8-12-24(31)13-9-23/h3-19H,20-21H2,1-2H3,(H,33,35)/b32-19-. The lowest BCUT2D eigenvalue weighted by atomic mass is 10.2. The molecule has 1 N–H and O–H groups in total. The molecule has 0 bridgehead atoms. The first-order valence-corrected chi connectivity index (χ1v) is 14.2. The largest absolute Gasteiger partial charge is 0.497 e. The predicted molar refractivity (Wildman–Crippen MR) is 158 cm³/mol. The van der Waals surface area contributed by atoms with E-state index < -0.39 is 22.5 Å². The van der Waals surface area contributed by atoms with Crippen LogP contribution in [-0.2, 0) is 21.4 Å². The number of nitrogens with zero attached hydrogens (tertiary/aromatic N) is 2. The normalized spacial score (nSPS) is 11.2. The summed E-state index contributed by atoms with van der Waals surface area (Å²) in [6, 6.07) is 27.0.